The van der Waals surface area contributed by atoms with Crippen LogP contribution in [-0.4, -0.2) is 22.6 Å². The second-order valence-corrected chi connectivity index (χ2v) is 6.36. The van der Waals surface area contributed by atoms with Crippen molar-refractivity contribution >= 4 is 23.6 Å². The van der Waals surface area contributed by atoms with Crippen molar-refractivity contribution in [2.24, 2.45) is 5.41 Å². The van der Waals surface area contributed by atoms with Crippen LogP contribution in [0.15, 0.2) is 24.3 Å². The van der Waals surface area contributed by atoms with Crippen LogP contribution in [0.25, 0.3) is 0 Å². The number of rotatable bonds is 5. The summed E-state index contributed by atoms with van der Waals surface area (Å²) in [6.45, 7) is 6.77. The smallest absolute Gasteiger partial charge is 0.315 e. The highest BCUT2D eigenvalue weighted by atomic mass is 35.5. The average molecular weight is 313 g/mol. The number of halogens is 1. The largest absolute Gasteiger partial charge is 0.481 e. The molecule has 0 saturated carbocycles. The molecule has 1 rings (SSSR count). The lowest BCUT2D eigenvalue weighted by molar-refractivity contribution is -0.150. The Balaban J connectivity index is 2.66. The molecule has 0 heterocycles. The lowest BCUT2D eigenvalue weighted by atomic mass is 9.74. The number of hydrogen-bond acceptors (Lipinski definition) is 2. The fraction of sp³-hybridized carbons (Fsp3) is 0.467. The minimum atomic E-state index is -1.10. The lowest BCUT2D eigenvalue weighted by Crippen LogP contribution is -2.58. The quantitative estimate of drug-likeness (QED) is 0.782. The fourth-order valence-electron chi connectivity index (χ4n) is 1.57. The van der Waals surface area contributed by atoms with Crippen molar-refractivity contribution in [2.75, 3.05) is 0 Å². The standard InChI is InChI=1S/C15H21ClN2O3/c1-14(2,12(19)20)15(3,4)18-13(21)17-9-10-7-5-6-8-11(10)16/h5-8H,9H2,1-4H3,(H,19,20)(H2,17,18,21). The summed E-state index contributed by atoms with van der Waals surface area (Å²) in [4.78, 5) is 23.2. The van der Waals surface area contributed by atoms with E-state index in [4.69, 9.17) is 11.6 Å². The highest BCUT2D eigenvalue weighted by Gasteiger charge is 2.44. The van der Waals surface area contributed by atoms with Gasteiger partial charge in [-0.1, -0.05) is 29.8 Å². The van der Waals surface area contributed by atoms with Gasteiger partial charge in [-0.3, -0.25) is 4.79 Å². The van der Waals surface area contributed by atoms with Gasteiger partial charge in [-0.2, -0.15) is 0 Å². The molecule has 1 aromatic rings. The molecule has 2 amide bonds. The molecular weight excluding hydrogens is 292 g/mol. The maximum atomic E-state index is 12.0. The van der Waals surface area contributed by atoms with E-state index in [0.717, 1.165) is 5.56 Å². The van der Waals surface area contributed by atoms with Crippen LogP contribution in [-0.2, 0) is 11.3 Å². The van der Waals surface area contributed by atoms with Gasteiger partial charge in [-0.15, -0.1) is 0 Å². The highest BCUT2D eigenvalue weighted by Crippen LogP contribution is 2.30. The van der Waals surface area contributed by atoms with Gasteiger partial charge in [0.05, 0.1) is 11.0 Å². The van der Waals surface area contributed by atoms with Crippen LogP contribution in [0.1, 0.15) is 33.3 Å². The van der Waals surface area contributed by atoms with Crippen LogP contribution in [0, 0.1) is 5.41 Å². The summed E-state index contributed by atoms with van der Waals surface area (Å²) in [5, 5.41) is 15.2. The van der Waals surface area contributed by atoms with Crippen LogP contribution in [0.5, 0.6) is 0 Å². The van der Waals surface area contributed by atoms with E-state index in [0.29, 0.717) is 5.02 Å². The topological polar surface area (TPSA) is 78.4 Å². The van der Waals surface area contributed by atoms with Crippen LogP contribution < -0.4 is 10.6 Å². The van der Waals surface area contributed by atoms with E-state index in [9.17, 15) is 14.7 Å². The number of benzene rings is 1. The van der Waals surface area contributed by atoms with Crippen LogP contribution in [0.2, 0.25) is 5.02 Å². The van der Waals surface area contributed by atoms with Gasteiger partial charge in [0.15, 0.2) is 0 Å². The summed E-state index contributed by atoms with van der Waals surface area (Å²) >= 11 is 6.01. The summed E-state index contributed by atoms with van der Waals surface area (Å²) in [5.74, 6) is -0.973. The monoisotopic (exact) mass is 312 g/mol. The Kier molecular flexibility index (Phi) is 5.23. The third-order valence-corrected chi connectivity index (χ3v) is 4.29. The fourth-order valence-corrected chi connectivity index (χ4v) is 1.77. The van der Waals surface area contributed by atoms with Gasteiger partial charge in [0.25, 0.3) is 0 Å². The second kappa shape index (κ2) is 6.35. The van der Waals surface area contributed by atoms with Gasteiger partial charge in [0, 0.05) is 11.6 Å². The van der Waals surface area contributed by atoms with E-state index in [1.807, 2.05) is 18.2 Å². The van der Waals surface area contributed by atoms with Crippen molar-refractivity contribution in [3.8, 4) is 0 Å². The van der Waals surface area contributed by atoms with Gasteiger partial charge >= 0.3 is 12.0 Å². The molecule has 3 N–H and O–H groups in total. The number of carboxylic acids is 1. The number of amides is 2. The molecule has 0 spiro atoms. The molecule has 0 saturated heterocycles. The molecule has 0 fully saturated rings. The van der Waals surface area contributed by atoms with Crippen molar-refractivity contribution in [3.05, 3.63) is 34.9 Å². The zero-order valence-corrected chi connectivity index (χ0v) is 13.4. The zero-order chi connectivity index (χ0) is 16.3. The number of carboxylic acid groups (broad SMARTS) is 1. The Bertz CT molecular complexity index is 541. The molecule has 0 bridgehead atoms. The summed E-state index contributed by atoms with van der Waals surface area (Å²) in [5.41, 5.74) is -1.22. The highest BCUT2D eigenvalue weighted by molar-refractivity contribution is 6.31. The molecule has 0 aliphatic carbocycles. The minimum Gasteiger partial charge on any atom is -0.481 e. The predicted molar refractivity (Wildman–Crippen MR) is 82.3 cm³/mol. The summed E-state index contributed by atoms with van der Waals surface area (Å²) < 4.78 is 0. The van der Waals surface area contributed by atoms with Gasteiger partial charge < -0.3 is 15.7 Å². The Hall–Kier alpha value is -1.75. The van der Waals surface area contributed by atoms with E-state index in [1.54, 1.807) is 33.8 Å². The summed E-state index contributed by atoms with van der Waals surface area (Å²) in [6, 6.07) is 6.76. The van der Waals surface area contributed by atoms with Gasteiger partial charge in [-0.25, -0.2) is 4.79 Å². The molecular formula is C15H21ClN2O3. The Morgan fingerprint density at radius 3 is 2.29 bits per heavy atom. The SMILES string of the molecule is CC(C)(NC(=O)NCc1ccccc1Cl)C(C)(C)C(=O)O. The number of carbonyl (C=O) groups is 2. The van der Waals surface area contributed by atoms with Crippen molar-refractivity contribution < 1.29 is 14.7 Å². The second-order valence-electron chi connectivity index (χ2n) is 5.95. The molecule has 0 aromatic heterocycles. The third-order valence-electron chi connectivity index (χ3n) is 3.92. The van der Waals surface area contributed by atoms with Crippen molar-refractivity contribution in [3.63, 3.8) is 0 Å². The third kappa shape index (κ3) is 4.11. The van der Waals surface area contributed by atoms with Gasteiger partial charge in [0.1, 0.15) is 0 Å². The first kappa shape index (κ1) is 17.3. The molecule has 0 atom stereocenters. The van der Waals surface area contributed by atoms with Crippen molar-refractivity contribution in [1.29, 1.82) is 0 Å². The van der Waals surface area contributed by atoms with E-state index in [2.05, 4.69) is 10.6 Å². The van der Waals surface area contributed by atoms with Crippen LogP contribution >= 0.6 is 11.6 Å². The molecule has 5 nitrogen and oxygen atoms in total. The van der Waals surface area contributed by atoms with E-state index >= 15 is 0 Å². The molecule has 21 heavy (non-hydrogen) atoms. The van der Waals surface area contributed by atoms with Crippen molar-refractivity contribution in [2.45, 2.75) is 39.8 Å². The lowest BCUT2D eigenvalue weighted by Gasteiger charge is -2.38. The van der Waals surface area contributed by atoms with E-state index in [1.165, 1.54) is 0 Å². The first-order chi connectivity index (χ1) is 9.58. The van der Waals surface area contributed by atoms with Gasteiger partial charge in [-0.05, 0) is 39.3 Å². The molecule has 1 aromatic carbocycles. The molecule has 0 aliphatic heterocycles. The normalized spacial score (nSPS) is 11.9. The molecule has 6 heteroatoms. The number of hydrogen-bond donors (Lipinski definition) is 3. The molecule has 0 radical (unpaired) electrons. The summed E-state index contributed by atoms with van der Waals surface area (Å²) in [6.07, 6.45) is 0. The first-order valence-corrected chi connectivity index (χ1v) is 6.98. The number of nitrogens with one attached hydrogen (secondary N) is 2. The van der Waals surface area contributed by atoms with Crippen molar-refractivity contribution in [1.82, 2.24) is 10.6 Å². The average Bonchev–Trinajstić information content (AvgIpc) is 2.36. The first-order valence-electron chi connectivity index (χ1n) is 6.61. The van der Waals surface area contributed by atoms with Crippen LogP contribution in [0.4, 0.5) is 4.79 Å². The van der Waals surface area contributed by atoms with E-state index in [-0.39, 0.29) is 6.54 Å². The minimum absolute atomic E-state index is 0.273. The Labute approximate surface area is 129 Å². The Morgan fingerprint density at radius 2 is 1.76 bits per heavy atom. The number of urea groups is 1. The number of aliphatic carboxylic acids is 1. The molecule has 0 aliphatic rings. The molecule has 0 unspecified atom stereocenters. The van der Waals surface area contributed by atoms with Crippen LogP contribution in [0.3, 0.4) is 0 Å². The molecule has 116 valence electrons. The maximum absolute atomic E-state index is 12.0. The van der Waals surface area contributed by atoms with Gasteiger partial charge in [0.2, 0.25) is 0 Å². The number of carbonyl (C=O) groups excluding carboxylic acids is 1. The maximum Gasteiger partial charge on any atom is 0.315 e. The summed E-state index contributed by atoms with van der Waals surface area (Å²) in [7, 11) is 0. The Morgan fingerprint density at radius 1 is 1.19 bits per heavy atom. The zero-order valence-electron chi connectivity index (χ0n) is 12.7. The predicted octanol–water partition coefficient (Wildman–Crippen LogP) is 3.03. The van der Waals surface area contributed by atoms with E-state index < -0.39 is 23.0 Å².